The molecule has 0 aliphatic rings. The van der Waals surface area contributed by atoms with Gasteiger partial charge in [0.15, 0.2) is 0 Å². The van der Waals surface area contributed by atoms with E-state index < -0.39 is 5.97 Å². The molecule has 0 amide bonds. The van der Waals surface area contributed by atoms with E-state index in [1.807, 2.05) is 68.4 Å². The smallest absolute Gasteiger partial charge is 0.347 e. The highest BCUT2D eigenvalue weighted by molar-refractivity contribution is 5.94. The molecule has 3 rings (SSSR count). The van der Waals surface area contributed by atoms with E-state index in [1.165, 1.54) is 0 Å². The zero-order chi connectivity index (χ0) is 19.1. The van der Waals surface area contributed by atoms with Gasteiger partial charge in [0, 0.05) is 0 Å². The molecule has 0 saturated heterocycles. The second-order valence-electron chi connectivity index (χ2n) is 6.22. The minimum atomic E-state index is -0.445. The molecule has 138 valence electrons. The van der Waals surface area contributed by atoms with Gasteiger partial charge >= 0.3 is 5.97 Å². The van der Waals surface area contributed by atoms with Crippen molar-refractivity contribution in [1.82, 2.24) is 0 Å². The molecule has 0 unspecified atom stereocenters. The highest BCUT2D eigenvalue weighted by atomic mass is 16.5. The fourth-order valence-corrected chi connectivity index (χ4v) is 2.74. The monoisotopic (exact) mass is 362 g/mol. The summed E-state index contributed by atoms with van der Waals surface area (Å²) >= 11 is 0. The van der Waals surface area contributed by atoms with Crippen LogP contribution in [0.1, 0.15) is 21.5 Å². The average Bonchev–Trinajstić information content (AvgIpc) is 2.65. The fraction of sp³-hybridized carbons (Fsp3) is 0.174. The van der Waals surface area contributed by atoms with Crippen molar-refractivity contribution in [2.24, 2.45) is 0 Å². The number of rotatable bonds is 7. The lowest BCUT2D eigenvalue weighted by Gasteiger charge is -2.12. The minimum Gasteiger partial charge on any atom is -0.490 e. The lowest BCUT2D eigenvalue weighted by atomic mass is 10.1. The first-order chi connectivity index (χ1) is 13.1. The molecule has 27 heavy (non-hydrogen) atoms. The summed E-state index contributed by atoms with van der Waals surface area (Å²) in [7, 11) is 0. The van der Waals surface area contributed by atoms with Crippen LogP contribution in [-0.2, 0) is 0 Å². The summed E-state index contributed by atoms with van der Waals surface area (Å²) in [5.41, 5.74) is 2.47. The Hall–Kier alpha value is -3.27. The standard InChI is InChI=1S/C23H22O4/c1-17-14-18(2)16-20(15-17)27-23(24)21-10-6-7-11-22(21)26-13-12-25-19-8-4-3-5-9-19/h3-11,14-16H,12-13H2,1-2H3. The molecule has 0 aliphatic carbocycles. The predicted octanol–water partition coefficient (Wildman–Crippen LogP) is 4.98. The molecular weight excluding hydrogens is 340 g/mol. The van der Waals surface area contributed by atoms with Gasteiger partial charge in [0.25, 0.3) is 0 Å². The number of aryl methyl sites for hydroxylation is 2. The molecule has 0 fully saturated rings. The number of hydrogen-bond acceptors (Lipinski definition) is 4. The van der Waals surface area contributed by atoms with Crippen LogP contribution in [0.5, 0.6) is 17.2 Å². The quantitative estimate of drug-likeness (QED) is 0.338. The molecule has 4 nitrogen and oxygen atoms in total. The molecule has 0 heterocycles. The van der Waals surface area contributed by atoms with E-state index in [-0.39, 0.29) is 0 Å². The molecule has 0 aliphatic heterocycles. The van der Waals surface area contributed by atoms with Gasteiger partial charge in [-0.2, -0.15) is 0 Å². The maximum Gasteiger partial charge on any atom is 0.347 e. The molecule has 0 aromatic heterocycles. The lowest BCUT2D eigenvalue weighted by molar-refractivity contribution is 0.0729. The van der Waals surface area contributed by atoms with Crippen LogP contribution in [0.15, 0.2) is 72.8 Å². The molecule has 0 radical (unpaired) electrons. The summed E-state index contributed by atoms with van der Waals surface area (Å²) in [5, 5.41) is 0. The van der Waals surface area contributed by atoms with Crippen molar-refractivity contribution in [2.45, 2.75) is 13.8 Å². The number of carbonyl (C=O) groups is 1. The third-order valence-electron chi connectivity index (χ3n) is 3.87. The first-order valence-corrected chi connectivity index (χ1v) is 8.82. The average molecular weight is 362 g/mol. The van der Waals surface area contributed by atoms with Gasteiger partial charge in [-0.05, 0) is 61.4 Å². The van der Waals surface area contributed by atoms with Gasteiger partial charge in [-0.1, -0.05) is 36.4 Å². The zero-order valence-electron chi connectivity index (χ0n) is 15.5. The molecule has 3 aromatic rings. The highest BCUT2D eigenvalue weighted by Crippen LogP contribution is 2.22. The molecule has 0 saturated carbocycles. The van der Waals surface area contributed by atoms with Crippen LogP contribution in [0.2, 0.25) is 0 Å². The van der Waals surface area contributed by atoms with Crippen molar-refractivity contribution in [3.8, 4) is 17.2 Å². The van der Waals surface area contributed by atoms with Crippen molar-refractivity contribution >= 4 is 5.97 Å². The third-order valence-corrected chi connectivity index (χ3v) is 3.87. The van der Waals surface area contributed by atoms with Crippen LogP contribution in [0.3, 0.4) is 0 Å². The number of benzene rings is 3. The largest absolute Gasteiger partial charge is 0.490 e. The van der Waals surface area contributed by atoms with Gasteiger partial charge in [0.2, 0.25) is 0 Å². The van der Waals surface area contributed by atoms with Gasteiger partial charge in [0.05, 0.1) is 0 Å². The Morgan fingerprint density at radius 1 is 0.741 bits per heavy atom. The van der Waals surface area contributed by atoms with Crippen molar-refractivity contribution < 1.29 is 19.0 Å². The molecule has 0 N–H and O–H groups in total. The Balaban J connectivity index is 1.61. The Bertz CT molecular complexity index is 883. The van der Waals surface area contributed by atoms with Crippen LogP contribution in [0.25, 0.3) is 0 Å². The van der Waals surface area contributed by atoms with E-state index >= 15 is 0 Å². The van der Waals surface area contributed by atoms with Crippen LogP contribution < -0.4 is 14.2 Å². The van der Waals surface area contributed by atoms with Crippen LogP contribution in [0.4, 0.5) is 0 Å². The van der Waals surface area contributed by atoms with Crippen molar-refractivity contribution in [3.63, 3.8) is 0 Å². The Kier molecular flexibility index (Phi) is 6.10. The Morgan fingerprint density at radius 3 is 2.11 bits per heavy atom. The first kappa shape index (κ1) is 18.5. The van der Waals surface area contributed by atoms with Crippen LogP contribution in [-0.4, -0.2) is 19.2 Å². The summed E-state index contributed by atoms with van der Waals surface area (Å²) < 4.78 is 16.9. The maximum atomic E-state index is 12.6. The number of hydrogen-bond donors (Lipinski definition) is 0. The van der Waals surface area contributed by atoms with Gasteiger partial charge in [-0.15, -0.1) is 0 Å². The zero-order valence-corrected chi connectivity index (χ0v) is 15.5. The number of ether oxygens (including phenoxy) is 3. The van der Waals surface area contributed by atoms with Gasteiger partial charge < -0.3 is 14.2 Å². The summed E-state index contributed by atoms with van der Waals surface area (Å²) in [6.07, 6.45) is 0. The number of para-hydroxylation sites is 2. The number of esters is 1. The van der Waals surface area contributed by atoms with E-state index in [4.69, 9.17) is 14.2 Å². The van der Waals surface area contributed by atoms with Crippen LogP contribution >= 0.6 is 0 Å². The second kappa shape index (κ2) is 8.90. The summed E-state index contributed by atoms with van der Waals surface area (Å²) in [5.74, 6) is 1.34. The van der Waals surface area contributed by atoms with E-state index in [9.17, 15) is 4.79 Å². The maximum absolute atomic E-state index is 12.6. The predicted molar refractivity (Wildman–Crippen MR) is 105 cm³/mol. The lowest BCUT2D eigenvalue weighted by Crippen LogP contribution is -2.14. The summed E-state index contributed by atoms with van der Waals surface area (Å²) in [6, 6.07) is 22.3. The highest BCUT2D eigenvalue weighted by Gasteiger charge is 2.15. The second-order valence-corrected chi connectivity index (χ2v) is 6.22. The molecule has 3 aromatic carbocycles. The molecule has 0 bridgehead atoms. The molecule has 4 heteroatoms. The topological polar surface area (TPSA) is 44.8 Å². The third kappa shape index (κ3) is 5.35. The van der Waals surface area contributed by atoms with Crippen molar-refractivity contribution in [3.05, 3.63) is 89.5 Å². The van der Waals surface area contributed by atoms with E-state index in [1.54, 1.807) is 18.2 Å². The van der Waals surface area contributed by atoms with E-state index in [0.29, 0.717) is 30.3 Å². The fourth-order valence-electron chi connectivity index (χ4n) is 2.74. The molecular formula is C23H22O4. The van der Waals surface area contributed by atoms with Crippen molar-refractivity contribution in [2.75, 3.05) is 13.2 Å². The summed E-state index contributed by atoms with van der Waals surface area (Å²) in [6.45, 7) is 4.63. The minimum absolute atomic E-state index is 0.322. The molecule has 0 atom stereocenters. The Morgan fingerprint density at radius 2 is 1.37 bits per heavy atom. The van der Waals surface area contributed by atoms with E-state index in [0.717, 1.165) is 16.9 Å². The van der Waals surface area contributed by atoms with Gasteiger partial charge in [-0.3, -0.25) is 0 Å². The number of carbonyl (C=O) groups excluding carboxylic acids is 1. The Labute approximate surface area is 159 Å². The van der Waals surface area contributed by atoms with Crippen LogP contribution in [0, 0.1) is 13.8 Å². The first-order valence-electron chi connectivity index (χ1n) is 8.82. The van der Waals surface area contributed by atoms with Gasteiger partial charge in [0.1, 0.15) is 36.0 Å². The van der Waals surface area contributed by atoms with E-state index in [2.05, 4.69) is 0 Å². The summed E-state index contributed by atoms with van der Waals surface area (Å²) in [4.78, 5) is 12.6. The normalized spacial score (nSPS) is 10.3. The SMILES string of the molecule is Cc1cc(C)cc(OC(=O)c2ccccc2OCCOc2ccccc2)c1. The van der Waals surface area contributed by atoms with Crippen molar-refractivity contribution in [1.29, 1.82) is 0 Å². The molecule has 0 spiro atoms. The van der Waals surface area contributed by atoms with Gasteiger partial charge in [-0.25, -0.2) is 4.79 Å².